The summed E-state index contributed by atoms with van der Waals surface area (Å²) in [7, 11) is 0. The summed E-state index contributed by atoms with van der Waals surface area (Å²) in [6.45, 7) is 0. The molecule has 7 aromatic rings. The third-order valence-electron chi connectivity index (χ3n) is 7.53. The Hall–Kier alpha value is -5.11. The second-order valence-corrected chi connectivity index (χ2v) is 10.3. The molecule has 0 atom stereocenters. The number of furan rings is 1. The molecule has 0 saturated carbocycles. The number of hydrogen-bond donors (Lipinski definition) is 0. The molecule has 5 aromatic carbocycles. The molecule has 7 rings (SSSR count). The predicted molar refractivity (Wildman–Crippen MR) is 155 cm³/mol. The molecule has 0 N–H and O–H groups in total. The van der Waals surface area contributed by atoms with Gasteiger partial charge in [-0.2, -0.15) is 26.3 Å². The molecule has 0 unspecified atom stereocenters. The molecular formula is C35H19F6NO. The maximum atomic E-state index is 13.4. The van der Waals surface area contributed by atoms with Crippen LogP contribution in [0.25, 0.3) is 66.2 Å². The van der Waals surface area contributed by atoms with Crippen LogP contribution in [-0.2, 0) is 12.4 Å². The van der Waals surface area contributed by atoms with E-state index in [4.69, 9.17) is 4.42 Å². The van der Waals surface area contributed by atoms with Crippen molar-refractivity contribution < 1.29 is 30.8 Å². The van der Waals surface area contributed by atoms with E-state index in [9.17, 15) is 26.3 Å². The van der Waals surface area contributed by atoms with Gasteiger partial charge in [-0.1, -0.05) is 48.5 Å². The number of benzene rings is 5. The van der Waals surface area contributed by atoms with Crippen molar-refractivity contribution in [3.63, 3.8) is 0 Å². The van der Waals surface area contributed by atoms with Crippen LogP contribution in [-0.4, -0.2) is 4.98 Å². The number of pyridine rings is 1. The second kappa shape index (κ2) is 9.73. The number of alkyl halides is 6. The Morgan fingerprint density at radius 2 is 1.07 bits per heavy atom. The first-order valence-electron chi connectivity index (χ1n) is 13.2. The largest absolute Gasteiger partial charge is 0.456 e. The lowest BCUT2D eigenvalue weighted by Gasteiger charge is -2.15. The van der Waals surface area contributed by atoms with Crippen LogP contribution >= 0.6 is 0 Å². The normalized spacial score (nSPS) is 12.4. The van der Waals surface area contributed by atoms with Gasteiger partial charge in [0, 0.05) is 28.1 Å². The van der Waals surface area contributed by atoms with Crippen LogP contribution in [0.2, 0.25) is 0 Å². The van der Waals surface area contributed by atoms with Crippen molar-refractivity contribution >= 4 is 32.7 Å². The first kappa shape index (κ1) is 26.8. The first-order valence-corrected chi connectivity index (χ1v) is 13.2. The number of halogens is 6. The number of para-hydroxylation sites is 1. The summed E-state index contributed by atoms with van der Waals surface area (Å²) in [5.41, 5.74) is 2.29. The summed E-state index contributed by atoms with van der Waals surface area (Å²) in [5.74, 6) is 0. The van der Waals surface area contributed by atoms with E-state index in [1.165, 1.54) is 6.07 Å². The van der Waals surface area contributed by atoms with E-state index in [1.807, 2.05) is 72.8 Å². The van der Waals surface area contributed by atoms with Gasteiger partial charge in [-0.15, -0.1) is 0 Å². The van der Waals surface area contributed by atoms with Crippen LogP contribution < -0.4 is 0 Å². The van der Waals surface area contributed by atoms with Crippen molar-refractivity contribution in [2.75, 3.05) is 0 Å². The third kappa shape index (κ3) is 4.99. The molecule has 212 valence electrons. The molecule has 0 aliphatic carbocycles. The summed E-state index contributed by atoms with van der Waals surface area (Å²) in [4.78, 5) is 4.66. The van der Waals surface area contributed by atoms with Crippen LogP contribution in [0.3, 0.4) is 0 Å². The van der Waals surface area contributed by atoms with Gasteiger partial charge in [-0.3, -0.25) is 4.98 Å². The second-order valence-electron chi connectivity index (χ2n) is 10.3. The zero-order valence-corrected chi connectivity index (χ0v) is 22.1. The fourth-order valence-electron chi connectivity index (χ4n) is 5.35. The minimum atomic E-state index is -4.92. The summed E-state index contributed by atoms with van der Waals surface area (Å²) < 4.78 is 86.4. The number of hydrogen-bond acceptors (Lipinski definition) is 2. The molecule has 0 fully saturated rings. The van der Waals surface area contributed by atoms with Crippen molar-refractivity contribution in [1.29, 1.82) is 0 Å². The maximum Gasteiger partial charge on any atom is 0.416 e. The van der Waals surface area contributed by atoms with E-state index >= 15 is 0 Å². The SMILES string of the molecule is FC(F)(F)c1cc(-c2ccc3ccc(-c4ccc(-c5ccc6oc7ccccc7c6c5)nc4)cc3c2)cc(C(F)(F)F)c1. The fourth-order valence-corrected chi connectivity index (χ4v) is 5.35. The van der Waals surface area contributed by atoms with E-state index in [0.29, 0.717) is 5.39 Å². The number of nitrogens with zero attached hydrogens (tertiary/aromatic N) is 1. The smallest absolute Gasteiger partial charge is 0.416 e. The zero-order chi connectivity index (χ0) is 29.9. The highest BCUT2D eigenvalue weighted by molar-refractivity contribution is 6.06. The Morgan fingerprint density at radius 3 is 1.72 bits per heavy atom. The Balaban J connectivity index is 1.24. The van der Waals surface area contributed by atoms with E-state index in [1.54, 1.807) is 18.3 Å². The minimum Gasteiger partial charge on any atom is -0.456 e. The van der Waals surface area contributed by atoms with Crippen LogP contribution in [0.15, 0.2) is 120 Å². The van der Waals surface area contributed by atoms with Gasteiger partial charge in [0.15, 0.2) is 0 Å². The molecule has 0 amide bonds. The third-order valence-corrected chi connectivity index (χ3v) is 7.53. The lowest BCUT2D eigenvalue weighted by atomic mass is 9.95. The zero-order valence-electron chi connectivity index (χ0n) is 22.1. The molecule has 0 aliphatic heterocycles. The van der Waals surface area contributed by atoms with Crippen LogP contribution in [0.5, 0.6) is 0 Å². The van der Waals surface area contributed by atoms with E-state index in [2.05, 4.69) is 4.98 Å². The standard InChI is InChI=1S/C35H19F6NO/c36-34(37,38)27-15-26(16-28(18-27)35(39,40)41)22-8-6-20-5-7-21(13-25(20)14-22)24-9-11-31(42-19-24)23-10-12-33-30(17-23)29-3-1-2-4-32(29)43-33/h1-19H. The molecule has 2 aromatic heterocycles. The van der Waals surface area contributed by atoms with Crippen LogP contribution in [0.1, 0.15) is 11.1 Å². The molecule has 0 bridgehead atoms. The number of fused-ring (bicyclic) bond motifs is 4. The van der Waals surface area contributed by atoms with Crippen LogP contribution in [0, 0.1) is 0 Å². The molecule has 2 nitrogen and oxygen atoms in total. The van der Waals surface area contributed by atoms with Crippen molar-refractivity contribution in [3.05, 3.63) is 127 Å². The van der Waals surface area contributed by atoms with Crippen molar-refractivity contribution in [2.45, 2.75) is 12.4 Å². The fraction of sp³-hybridized carbons (Fsp3) is 0.0571. The van der Waals surface area contributed by atoms with Crippen molar-refractivity contribution in [3.8, 4) is 33.5 Å². The number of aromatic nitrogens is 1. The highest BCUT2D eigenvalue weighted by Crippen LogP contribution is 2.39. The lowest BCUT2D eigenvalue weighted by Crippen LogP contribution is -2.11. The monoisotopic (exact) mass is 583 g/mol. The highest BCUT2D eigenvalue weighted by atomic mass is 19.4. The van der Waals surface area contributed by atoms with E-state index < -0.39 is 23.5 Å². The molecule has 0 saturated heterocycles. The van der Waals surface area contributed by atoms with Crippen LogP contribution in [0.4, 0.5) is 26.3 Å². The van der Waals surface area contributed by atoms with E-state index in [-0.39, 0.29) is 17.2 Å². The quantitative estimate of drug-likeness (QED) is 0.193. The average molecular weight is 584 g/mol. The Morgan fingerprint density at radius 1 is 0.465 bits per heavy atom. The average Bonchev–Trinajstić information content (AvgIpc) is 3.37. The highest BCUT2D eigenvalue weighted by Gasteiger charge is 2.37. The Bertz CT molecular complexity index is 2130. The molecule has 8 heteroatoms. The summed E-state index contributed by atoms with van der Waals surface area (Å²) in [5, 5.41) is 3.47. The molecule has 0 spiro atoms. The summed E-state index contributed by atoms with van der Waals surface area (Å²) in [6.07, 6.45) is -8.10. The van der Waals surface area contributed by atoms with Gasteiger partial charge in [0.05, 0.1) is 16.8 Å². The molecule has 43 heavy (non-hydrogen) atoms. The van der Waals surface area contributed by atoms with Crippen molar-refractivity contribution in [1.82, 2.24) is 4.98 Å². The molecule has 0 radical (unpaired) electrons. The maximum absolute atomic E-state index is 13.4. The molecular weight excluding hydrogens is 564 g/mol. The topological polar surface area (TPSA) is 26.0 Å². The lowest BCUT2D eigenvalue weighted by molar-refractivity contribution is -0.143. The van der Waals surface area contributed by atoms with Gasteiger partial charge in [-0.25, -0.2) is 0 Å². The van der Waals surface area contributed by atoms with Gasteiger partial charge in [-0.05, 0) is 88.1 Å². The van der Waals surface area contributed by atoms with E-state index in [0.717, 1.165) is 61.8 Å². The minimum absolute atomic E-state index is 0.134. The van der Waals surface area contributed by atoms with Gasteiger partial charge < -0.3 is 4.42 Å². The van der Waals surface area contributed by atoms with Gasteiger partial charge in [0.1, 0.15) is 11.2 Å². The Kier molecular flexibility index (Phi) is 6.06. The summed E-state index contributed by atoms with van der Waals surface area (Å²) >= 11 is 0. The van der Waals surface area contributed by atoms with Gasteiger partial charge >= 0.3 is 12.4 Å². The molecule has 2 heterocycles. The first-order chi connectivity index (χ1) is 20.5. The van der Waals surface area contributed by atoms with Gasteiger partial charge in [0.25, 0.3) is 0 Å². The number of rotatable bonds is 3. The Labute approximate surface area is 240 Å². The van der Waals surface area contributed by atoms with Gasteiger partial charge in [0.2, 0.25) is 0 Å². The summed E-state index contributed by atoms with van der Waals surface area (Å²) in [6, 6.07) is 29.6. The predicted octanol–water partition coefficient (Wildman–Crippen LogP) is 11.2. The molecule has 0 aliphatic rings. The van der Waals surface area contributed by atoms with Crippen molar-refractivity contribution in [2.24, 2.45) is 0 Å².